The number of carbonyl (C=O) groups is 1. The van der Waals surface area contributed by atoms with Crippen LogP contribution in [0.4, 0.5) is 5.69 Å². The zero-order valence-corrected chi connectivity index (χ0v) is 20.2. The van der Waals surface area contributed by atoms with Crippen LogP contribution in [0.25, 0.3) is 5.69 Å². The summed E-state index contributed by atoms with van der Waals surface area (Å²) in [6.45, 7) is 4.31. The van der Waals surface area contributed by atoms with E-state index in [1.807, 2.05) is 18.2 Å². The number of nitrogens with zero attached hydrogens (tertiary/aromatic N) is 3. The summed E-state index contributed by atoms with van der Waals surface area (Å²) < 4.78 is 30.9. The summed E-state index contributed by atoms with van der Waals surface area (Å²) in [7, 11) is -1.02. The van der Waals surface area contributed by atoms with Gasteiger partial charge >= 0.3 is 0 Å². The number of carbonyl (C=O) groups excluding carboxylic acids is 1. The molecule has 0 radical (unpaired) electrons. The molecule has 0 aliphatic rings. The van der Waals surface area contributed by atoms with E-state index in [9.17, 15) is 18.0 Å². The van der Waals surface area contributed by atoms with Crippen molar-refractivity contribution < 1.29 is 13.2 Å². The lowest BCUT2D eigenvalue weighted by Gasteiger charge is -2.18. The lowest BCUT2D eigenvalue weighted by atomic mass is 10.2. The third-order valence-electron chi connectivity index (χ3n) is 5.66. The van der Waals surface area contributed by atoms with Gasteiger partial charge < -0.3 is 5.32 Å². The van der Waals surface area contributed by atoms with Crippen LogP contribution in [0.2, 0.25) is 0 Å². The van der Waals surface area contributed by atoms with Crippen LogP contribution in [0, 0.1) is 6.92 Å². The van der Waals surface area contributed by atoms with Gasteiger partial charge in [0, 0.05) is 26.2 Å². The van der Waals surface area contributed by atoms with Gasteiger partial charge in [0.05, 0.1) is 16.3 Å². The molecule has 0 saturated heterocycles. The van der Waals surface area contributed by atoms with Crippen molar-refractivity contribution in [1.29, 1.82) is 0 Å². The number of amides is 1. The van der Waals surface area contributed by atoms with Crippen molar-refractivity contribution >= 4 is 21.6 Å². The number of anilines is 1. The third kappa shape index (κ3) is 4.88. The number of nitrogens with one attached hydrogen (secondary N) is 1. The Morgan fingerprint density at radius 2 is 1.76 bits per heavy atom. The van der Waals surface area contributed by atoms with E-state index in [1.165, 1.54) is 29.9 Å². The highest BCUT2D eigenvalue weighted by atomic mass is 32.2. The van der Waals surface area contributed by atoms with Crippen LogP contribution in [-0.4, -0.2) is 37.3 Å². The number of benzene rings is 2. The number of hydrogen-bond acceptors (Lipinski definition) is 4. The van der Waals surface area contributed by atoms with Crippen LogP contribution >= 0.6 is 0 Å². The van der Waals surface area contributed by atoms with Crippen molar-refractivity contribution in [2.45, 2.75) is 38.0 Å². The van der Waals surface area contributed by atoms with Gasteiger partial charge in [-0.15, -0.1) is 0 Å². The molecule has 0 spiro atoms. The molecule has 1 heterocycles. The van der Waals surface area contributed by atoms with Gasteiger partial charge in [0.2, 0.25) is 0 Å². The lowest BCUT2D eigenvalue weighted by Crippen LogP contribution is -2.32. The third-order valence-corrected chi connectivity index (χ3v) is 7.41. The maximum atomic E-state index is 13.4. The SMILES string of the molecule is CCCCCNC(=O)c1cccc(S(=O)(=O)N(C)c2c(C)n(C)n(-c3ccccc3)c2=O)c1. The van der Waals surface area contributed by atoms with Crippen LogP contribution in [-0.2, 0) is 17.1 Å². The Labute approximate surface area is 194 Å². The number of aromatic nitrogens is 2. The predicted octanol–water partition coefficient (Wildman–Crippen LogP) is 3.23. The standard InChI is InChI=1S/C24H30N4O4S/c1-5-6-10-16-25-23(29)19-12-11-15-21(17-19)33(31,32)27(4)22-18(2)26(3)28(24(22)30)20-13-8-7-9-14-20/h7-9,11-15,17H,5-6,10,16H2,1-4H3,(H,25,29). The molecule has 0 fully saturated rings. The number of rotatable bonds is 9. The maximum Gasteiger partial charge on any atom is 0.296 e. The molecule has 176 valence electrons. The minimum absolute atomic E-state index is 0.0516. The van der Waals surface area contributed by atoms with Crippen molar-refractivity contribution in [2.75, 3.05) is 17.9 Å². The monoisotopic (exact) mass is 470 g/mol. The zero-order chi connectivity index (χ0) is 24.2. The first-order valence-corrected chi connectivity index (χ1v) is 12.3. The summed E-state index contributed by atoms with van der Waals surface area (Å²) in [6.07, 6.45) is 2.92. The molecular weight excluding hydrogens is 440 g/mol. The smallest absolute Gasteiger partial charge is 0.296 e. The molecule has 3 aromatic rings. The van der Waals surface area contributed by atoms with Crippen LogP contribution in [0.1, 0.15) is 42.2 Å². The minimum atomic E-state index is -4.08. The van der Waals surface area contributed by atoms with Crippen LogP contribution in [0.3, 0.4) is 0 Å². The molecule has 33 heavy (non-hydrogen) atoms. The van der Waals surface area contributed by atoms with Crippen molar-refractivity contribution in [3.8, 4) is 5.69 Å². The van der Waals surface area contributed by atoms with Crippen LogP contribution in [0.15, 0.2) is 64.3 Å². The molecule has 1 aromatic heterocycles. The van der Waals surface area contributed by atoms with Crippen molar-refractivity contribution in [2.24, 2.45) is 7.05 Å². The molecule has 1 N–H and O–H groups in total. The summed E-state index contributed by atoms with van der Waals surface area (Å²) in [4.78, 5) is 25.7. The molecule has 0 aliphatic carbocycles. The predicted molar refractivity (Wildman–Crippen MR) is 130 cm³/mol. The summed E-state index contributed by atoms with van der Waals surface area (Å²) in [5.41, 5.74) is 0.993. The highest BCUT2D eigenvalue weighted by molar-refractivity contribution is 7.92. The van der Waals surface area contributed by atoms with Crippen LogP contribution < -0.4 is 15.2 Å². The first kappa shape index (κ1) is 24.3. The molecule has 9 heteroatoms. The Hall–Kier alpha value is -3.33. The van der Waals surface area contributed by atoms with Gasteiger partial charge in [-0.2, -0.15) is 0 Å². The number of hydrogen-bond donors (Lipinski definition) is 1. The van der Waals surface area contributed by atoms with Crippen molar-refractivity contribution in [3.63, 3.8) is 0 Å². The highest BCUT2D eigenvalue weighted by Gasteiger charge is 2.29. The summed E-state index contributed by atoms with van der Waals surface area (Å²) >= 11 is 0. The average molecular weight is 471 g/mol. The number of unbranched alkanes of at least 4 members (excludes halogenated alkanes) is 2. The van der Waals surface area contributed by atoms with E-state index in [2.05, 4.69) is 12.2 Å². The number of para-hydroxylation sites is 1. The topological polar surface area (TPSA) is 93.4 Å². The summed E-state index contributed by atoms with van der Waals surface area (Å²) in [5, 5.41) is 2.82. The molecule has 0 unspecified atom stereocenters. The Morgan fingerprint density at radius 3 is 2.42 bits per heavy atom. The van der Waals surface area contributed by atoms with Gasteiger partial charge in [-0.1, -0.05) is 44.0 Å². The average Bonchev–Trinajstić information content (AvgIpc) is 3.04. The first-order chi connectivity index (χ1) is 15.7. The Morgan fingerprint density at radius 1 is 1.06 bits per heavy atom. The molecule has 0 bridgehead atoms. The first-order valence-electron chi connectivity index (χ1n) is 10.9. The molecule has 0 atom stereocenters. The zero-order valence-electron chi connectivity index (χ0n) is 19.4. The molecule has 0 saturated carbocycles. The van der Waals surface area contributed by atoms with Gasteiger partial charge in [-0.05, 0) is 43.7 Å². The van der Waals surface area contributed by atoms with Gasteiger partial charge in [-0.25, -0.2) is 13.1 Å². The van der Waals surface area contributed by atoms with E-state index >= 15 is 0 Å². The van der Waals surface area contributed by atoms with Crippen molar-refractivity contribution in [1.82, 2.24) is 14.7 Å². The Balaban J connectivity index is 1.95. The second kappa shape index (κ2) is 10.1. The molecular formula is C24H30N4O4S. The fourth-order valence-electron chi connectivity index (χ4n) is 3.67. The Bertz CT molecular complexity index is 1290. The fraction of sp³-hybridized carbons (Fsp3) is 0.333. The molecule has 0 aliphatic heterocycles. The highest BCUT2D eigenvalue weighted by Crippen LogP contribution is 2.24. The van der Waals surface area contributed by atoms with E-state index < -0.39 is 15.6 Å². The van der Waals surface area contributed by atoms with Gasteiger partial charge in [-0.3, -0.25) is 18.6 Å². The quantitative estimate of drug-likeness (QED) is 0.486. The molecule has 1 amide bonds. The van der Waals surface area contributed by atoms with E-state index in [1.54, 1.807) is 36.9 Å². The summed E-state index contributed by atoms with van der Waals surface area (Å²) in [6, 6.07) is 14.9. The normalized spacial score (nSPS) is 11.4. The Kier molecular flexibility index (Phi) is 7.43. The number of sulfonamides is 1. The largest absolute Gasteiger partial charge is 0.352 e. The molecule has 2 aromatic carbocycles. The van der Waals surface area contributed by atoms with Gasteiger partial charge in [0.1, 0.15) is 5.69 Å². The summed E-state index contributed by atoms with van der Waals surface area (Å²) in [5.74, 6) is -0.326. The van der Waals surface area contributed by atoms with Crippen molar-refractivity contribution in [3.05, 3.63) is 76.2 Å². The van der Waals surface area contributed by atoms with Crippen LogP contribution in [0.5, 0.6) is 0 Å². The van der Waals surface area contributed by atoms with Gasteiger partial charge in [0.15, 0.2) is 0 Å². The minimum Gasteiger partial charge on any atom is -0.352 e. The van der Waals surface area contributed by atoms with E-state index in [4.69, 9.17) is 0 Å². The fourth-order valence-corrected chi connectivity index (χ4v) is 4.97. The second-order valence-electron chi connectivity index (χ2n) is 7.87. The maximum absolute atomic E-state index is 13.4. The molecule has 8 nitrogen and oxygen atoms in total. The van der Waals surface area contributed by atoms with Gasteiger partial charge in [0.25, 0.3) is 21.5 Å². The molecule has 3 rings (SSSR count). The van der Waals surface area contributed by atoms with E-state index in [0.29, 0.717) is 17.9 Å². The lowest BCUT2D eigenvalue weighted by molar-refractivity contribution is 0.0952. The van der Waals surface area contributed by atoms with E-state index in [0.717, 1.165) is 23.6 Å². The van der Waals surface area contributed by atoms with E-state index in [-0.39, 0.29) is 22.1 Å². The second-order valence-corrected chi connectivity index (χ2v) is 9.84.